The maximum Gasteiger partial charge on any atom is 0.144 e. The second kappa shape index (κ2) is 8.45. The van der Waals surface area contributed by atoms with Crippen molar-refractivity contribution in [3.8, 4) is 5.75 Å². The molecule has 0 bridgehead atoms. The van der Waals surface area contributed by atoms with Crippen LogP contribution in [0.4, 0.5) is 0 Å². The molecular weight excluding hydrogens is 322 g/mol. The lowest BCUT2D eigenvalue weighted by Gasteiger charge is -2.35. The Bertz CT molecular complexity index is 788. The van der Waals surface area contributed by atoms with Gasteiger partial charge in [0.15, 0.2) is 0 Å². The van der Waals surface area contributed by atoms with E-state index in [4.69, 9.17) is 9.47 Å². The van der Waals surface area contributed by atoms with E-state index in [9.17, 15) is 0 Å². The van der Waals surface area contributed by atoms with Crippen molar-refractivity contribution in [1.29, 1.82) is 0 Å². The first-order valence-electron chi connectivity index (χ1n) is 8.61. The van der Waals surface area contributed by atoms with Gasteiger partial charge in [0.2, 0.25) is 0 Å². The molecule has 0 unspecified atom stereocenters. The second-order valence-electron chi connectivity index (χ2n) is 5.89. The Kier molecular flexibility index (Phi) is 5.82. The zero-order valence-corrected chi connectivity index (χ0v) is 15.1. The van der Waals surface area contributed by atoms with E-state index in [1.54, 1.807) is 20.4 Å². The Hall–Kier alpha value is -2.91. The van der Waals surface area contributed by atoms with Gasteiger partial charge in [-0.25, -0.2) is 0 Å². The number of methoxy groups -OCH3 is 1. The van der Waals surface area contributed by atoms with Crippen LogP contribution in [0, 0.1) is 0 Å². The lowest BCUT2D eigenvalue weighted by atomic mass is 9.80. The summed E-state index contributed by atoms with van der Waals surface area (Å²) < 4.78 is 11.8. The normalized spacial score (nSPS) is 11.6. The quantitative estimate of drug-likeness (QED) is 0.459. The van der Waals surface area contributed by atoms with Gasteiger partial charge in [-0.2, -0.15) is 0 Å². The highest BCUT2D eigenvalue weighted by molar-refractivity contribution is 5.59. The van der Waals surface area contributed by atoms with E-state index < -0.39 is 5.60 Å². The van der Waals surface area contributed by atoms with E-state index in [0.717, 1.165) is 22.4 Å². The number of hydrogen-bond acceptors (Lipinski definition) is 3. The molecule has 0 atom stereocenters. The molecule has 0 radical (unpaired) electrons. The SMILES string of the molecule is CN=CCOC(c1ccccc1)(c1ccccc1)c1ccc(OC)cc1. The molecule has 0 amide bonds. The fourth-order valence-corrected chi connectivity index (χ4v) is 3.16. The molecule has 3 nitrogen and oxygen atoms in total. The van der Waals surface area contributed by atoms with Crippen molar-refractivity contribution in [1.82, 2.24) is 0 Å². The van der Waals surface area contributed by atoms with Gasteiger partial charge in [0.1, 0.15) is 11.4 Å². The van der Waals surface area contributed by atoms with Crippen molar-refractivity contribution >= 4 is 6.21 Å². The number of ether oxygens (including phenoxy) is 2. The summed E-state index contributed by atoms with van der Waals surface area (Å²) in [6.45, 7) is 0.409. The number of rotatable bonds is 7. The molecule has 3 heteroatoms. The van der Waals surface area contributed by atoms with Gasteiger partial charge >= 0.3 is 0 Å². The summed E-state index contributed by atoms with van der Waals surface area (Å²) in [6.07, 6.45) is 1.78. The lowest BCUT2D eigenvalue weighted by Crippen LogP contribution is -2.33. The summed E-state index contributed by atoms with van der Waals surface area (Å²) in [5.74, 6) is 0.818. The Morgan fingerprint density at radius 2 is 1.27 bits per heavy atom. The number of aliphatic imine (C=N–C) groups is 1. The Labute approximate surface area is 154 Å². The van der Waals surface area contributed by atoms with Crippen LogP contribution in [0.25, 0.3) is 0 Å². The van der Waals surface area contributed by atoms with Crippen LogP contribution in [0.3, 0.4) is 0 Å². The average molecular weight is 345 g/mol. The van der Waals surface area contributed by atoms with Crippen LogP contribution >= 0.6 is 0 Å². The predicted molar refractivity (Wildman–Crippen MR) is 106 cm³/mol. The summed E-state index contributed by atoms with van der Waals surface area (Å²) in [6, 6.07) is 28.6. The molecule has 0 spiro atoms. The number of hydrogen-bond donors (Lipinski definition) is 0. The topological polar surface area (TPSA) is 30.8 Å². The first kappa shape index (κ1) is 17.9. The third-order valence-electron chi connectivity index (χ3n) is 4.41. The minimum Gasteiger partial charge on any atom is -0.497 e. The third-order valence-corrected chi connectivity index (χ3v) is 4.41. The van der Waals surface area contributed by atoms with Gasteiger partial charge in [-0.05, 0) is 28.8 Å². The first-order chi connectivity index (χ1) is 12.8. The van der Waals surface area contributed by atoms with Crippen LogP contribution < -0.4 is 4.74 Å². The van der Waals surface area contributed by atoms with Crippen molar-refractivity contribution in [2.75, 3.05) is 20.8 Å². The lowest BCUT2D eigenvalue weighted by molar-refractivity contribution is 0.0404. The van der Waals surface area contributed by atoms with Crippen LogP contribution in [0.1, 0.15) is 16.7 Å². The zero-order chi connectivity index (χ0) is 18.2. The monoisotopic (exact) mass is 345 g/mol. The van der Waals surface area contributed by atoms with Gasteiger partial charge in [0.05, 0.1) is 13.7 Å². The molecule has 3 aromatic rings. The van der Waals surface area contributed by atoms with Gasteiger partial charge in [0.25, 0.3) is 0 Å². The molecule has 0 aliphatic carbocycles. The largest absolute Gasteiger partial charge is 0.497 e. The molecule has 3 aromatic carbocycles. The molecule has 0 aliphatic heterocycles. The summed E-state index contributed by atoms with van der Waals surface area (Å²) in [7, 11) is 3.42. The zero-order valence-electron chi connectivity index (χ0n) is 15.1. The molecule has 0 N–H and O–H groups in total. The molecule has 0 aliphatic rings. The molecule has 0 aromatic heterocycles. The van der Waals surface area contributed by atoms with E-state index in [0.29, 0.717) is 6.61 Å². The van der Waals surface area contributed by atoms with Crippen LogP contribution in [-0.4, -0.2) is 27.0 Å². The fourth-order valence-electron chi connectivity index (χ4n) is 3.16. The fraction of sp³-hybridized carbons (Fsp3) is 0.174. The average Bonchev–Trinajstić information content (AvgIpc) is 2.73. The molecule has 0 fully saturated rings. The number of nitrogens with zero attached hydrogens (tertiary/aromatic N) is 1. The van der Waals surface area contributed by atoms with Gasteiger partial charge in [-0.3, -0.25) is 4.99 Å². The van der Waals surface area contributed by atoms with Crippen molar-refractivity contribution in [2.45, 2.75) is 5.60 Å². The van der Waals surface area contributed by atoms with Crippen LogP contribution in [0.5, 0.6) is 5.75 Å². The van der Waals surface area contributed by atoms with Gasteiger partial charge in [-0.1, -0.05) is 72.8 Å². The van der Waals surface area contributed by atoms with Crippen molar-refractivity contribution in [3.05, 3.63) is 102 Å². The van der Waals surface area contributed by atoms with Gasteiger partial charge in [0, 0.05) is 13.3 Å². The summed E-state index contributed by atoms with van der Waals surface area (Å²) >= 11 is 0. The van der Waals surface area contributed by atoms with Crippen LogP contribution in [0.2, 0.25) is 0 Å². The Morgan fingerprint density at radius 1 is 0.769 bits per heavy atom. The van der Waals surface area contributed by atoms with Crippen molar-refractivity contribution in [3.63, 3.8) is 0 Å². The standard InChI is InChI=1S/C23H23NO2/c1-24-17-18-26-23(19-9-5-3-6-10-19,20-11-7-4-8-12-20)21-13-15-22(25-2)16-14-21/h3-17H,18H2,1-2H3. The minimum absolute atomic E-state index is 0.409. The molecule has 0 heterocycles. The van der Waals surface area contributed by atoms with Crippen molar-refractivity contribution < 1.29 is 9.47 Å². The molecule has 0 saturated carbocycles. The third kappa shape index (κ3) is 3.53. The van der Waals surface area contributed by atoms with E-state index >= 15 is 0 Å². The highest BCUT2D eigenvalue weighted by Crippen LogP contribution is 2.40. The van der Waals surface area contributed by atoms with E-state index in [1.807, 2.05) is 48.5 Å². The molecular formula is C23H23NO2. The van der Waals surface area contributed by atoms with E-state index in [2.05, 4.69) is 41.4 Å². The molecule has 0 saturated heterocycles. The smallest absolute Gasteiger partial charge is 0.144 e. The van der Waals surface area contributed by atoms with Crippen LogP contribution in [0.15, 0.2) is 89.9 Å². The van der Waals surface area contributed by atoms with Gasteiger partial charge < -0.3 is 9.47 Å². The van der Waals surface area contributed by atoms with Gasteiger partial charge in [-0.15, -0.1) is 0 Å². The number of benzene rings is 3. The Morgan fingerprint density at radius 3 is 1.73 bits per heavy atom. The molecule has 26 heavy (non-hydrogen) atoms. The van der Waals surface area contributed by atoms with Crippen molar-refractivity contribution in [2.24, 2.45) is 4.99 Å². The maximum atomic E-state index is 6.51. The predicted octanol–water partition coefficient (Wildman–Crippen LogP) is 4.70. The Balaban J connectivity index is 2.22. The summed E-state index contributed by atoms with van der Waals surface area (Å²) in [5, 5.41) is 0. The maximum absolute atomic E-state index is 6.51. The summed E-state index contributed by atoms with van der Waals surface area (Å²) in [5.41, 5.74) is 2.46. The summed E-state index contributed by atoms with van der Waals surface area (Å²) in [4.78, 5) is 4.08. The molecule has 3 rings (SSSR count). The highest BCUT2D eigenvalue weighted by Gasteiger charge is 2.37. The van der Waals surface area contributed by atoms with E-state index in [-0.39, 0.29) is 0 Å². The first-order valence-corrected chi connectivity index (χ1v) is 8.61. The molecule has 132 valence electrons. The van der Waals surface area contributed by atoms with Crippen LogP contribution in [-0.2, 0) is 10.3 Å². The van der Waals surface area contributed by atoms with E-state index in [1.165, 1.54) is 0 Å². The second-order valence-corrected chi connectivity index (χ2v) is 5.89. The minimum atomic E-state index is -0.726. The highest BCUT2D eigenvalue weighted by atomic mass is 16.5.